The van der Waals surface area contributed by atoms with E-state index in [9.17, 15) is 4.79 Å². The number of carbonyl (C=O) groups is 1. The van der Waals surface area contributed by atoms with Gasteiger partial charge in [0.05, 0.1) is 12.6 Å². The second-order valence-corrected chi connectivity index (χ2v) is 6.32. The highest BCUT2D eigenvalue weighted by molar-refractivity contribution is 5.81. The van der Waals surface area contributed by atoms with E-state index < -0.39 is 0 Å². The molecule has 0 heterocycles. The fourth-order valence-corrected chi connectivity index (χ4v) is 3.21. The number of benzene rings is 1. The van der Waals surface area contributed by atoms with Crippen molar-refractivity contribution < 1.29 is 9.53 Å². The molecule has 0 aromatic heterocycles. The molecule has 1 aliphatic carbocycles. The molecule has 4 heteroatoms. The van der Waals surface area contributed by atoms with Crippen molar-refractivity contribution in [1.29, 1.82) is 0 Å². The number of amides is 1. The molecule has 1 aromatic carbocycles. The standard InChI is InChI=1S/C18H28N2O2/c1-22-13-16-9-5-8-15(10-16)12-20-18(21)17(19)11-14-6-3-2-4-7-14/h5,8-10,14,17H,2-4,6-7,11-13,19H2,1H3,(H,20,21). The van der Waals surface area contributed by atoms with Crippen molar-refractivity contribution in [2.24, 2.45) is 11.7 Å². The van der Waals surface area contributed by atoms with Gasteiger partial charge in [-0.1, -0.05) is 56.4 Å². The van der Waals surface area contributed by atoms with Crippen molar-refractivity contribution in [1.82, 2.24) is 5.32 Å². The van der Waals surface area contributed by atoms with E-state index in [2.05, 4.69) is 11.4 Å². The number of hydrogen-bond donors (Lipinski definition) is 2. The van der Waals surface area contributed by atoms with Crippen LogP contribution in [0.5, 0.6) is 0 Å². The SMILES string of the molecule is COCc1cccc(CNC(=O)C(N)CC2CCCCC2)c1. The van der Waals surface area contributed by atoms with Crippen LogP contribution in [0.3, 0.4) is 0 Å². The summed E-state index contributed by atoms with van der Waals surface area (Å²) in [6.45, 7) is 1.11. The van der Waals surface area contributed by atoms with Gasteiger partial charge in [-0.05, 0) is 23.5 Å². The van der Waals surface area contributed by atoms with Crippen LogP contribution >= 0.6 is 0 Å². The number of nitrogens with one attached hydrogen (secondary N) is 1. The summed E-state index contributed by atoms with van der Waals surface area (Å²) in [7, 11) is 1.68. The molecule has 0 spiro atoms. The molecule has 1 atom stereocenters. The third-order valence-corrected chi connectivity index (χ3v) is 4.42. The van der Waals surface area contributed by atoms with Crippen LogP contribution in [0.1, 0.15) is 49.7 Å². The quantitative estimate of drug-likeness (QED) is 0.814. The van der Waals surface area contributed by atoms with Gasteiger partial charge in [0.25, 0.3) is 0 Å². The van der Waals surface area contributed by atoms with E-state index in [4.69, 9.17) is 10.5 Å². The third-order valence-electron chi connectivity index (χ3n) is 4.42. The van der Waals surface area contributed by atoms with Gasteiger partial charge in [0.15, 0.2) is 0 Å². The van der Waals surface area contributed by atoms with Gasteiger partial charge in [-0.2, -0.15) is 0 Å². The Kier molecular flexibility index (Phi) is 6.87. The molecule has 122 valence electrons. The maximum atomic E-state index is 12.1. The van der Waals surface area contributed by atoms with E-state index in [-0.39, 0.29) is 11.9 Å². The van der Waals surface area contributed by atoms with Gasteiger partial charge in [0.1, 0.15) is 0 Å². The summed E-state index contributed by atoms with van der Waals surface area (Å²) >= 11 is 0. The van der Waals surface area contributed by atoms with Gasteiger partial charge >= 0.3 is 0 Å². The second-order valence-electron chi connectivity index (χ2n) is 6.32. The van der Waals surface area contributed by atoms with Gasteiger partial charge in [-0.15, -0.1) is 0 Å². The molecule has 0 saturated heterocycles. The smallest absolute Gasteiger partial charge is 0.237 e. The van der Waals surface area contributed by atoms with Gasteiger partial charge in [0, 0.05) is 13.7 Å². The summed E-state index contributed by atoms with van der Waals surface area (Å²) in [4.78, 5) is 12.1. The Morgan fingerprint density at radius 3 is 2.77 bits per heavy atom. The Morgan fingerprint density at radius 2 is 2.05 bits per heavy atom. The number of hydrogen-bond acceptors (Lipinski definition) is 3. The topological polar surface area (TPSA) is 64.3 Å². The molecular weight excluding hydrogens is 276 g/mol. The molecule has 0 aliphatic heterocycles. The zero-order valence-electron chi connectivity index (χ0n) is 13.5. The van der Waals surface area contributed by atoms with E-state index in [0.717, 1.165) is 17.5 Å². The molecule has 22 heavy (non-hydrogen) atoms. The lowest BCUT2D eigenvalue weighted by molar-refractivity contribution is -0.123. The highest BCUT2D eigenvalue weighted by Gasteiger charge is 2.20. The lowest BCUT2D eigenvalue weighted by Gasteiger charge is -2.24. The molecule has 1 fully saturated rings. The van der Waals surface area contributed by atoms with Gasteiger partial charge in [0.2, 0.25) is 5.91 Å². The highest BCUT2D eigenvalue weighted by atomic mass is 16.5. The van der Waals surface area contributed by atoms with E-state index >= 15 is 0 Å². The Morgan fingerprint density at radius 1 is 1.32 bits per heavy atom. The lowest BCUT2D eigenvalue weighted by atomic mass is 9.85. The normalized spacial score (nSPS) is 17.2. The first-order chi connectivity index (χ1) is 10.7. The fourth-order valence-electron chi connectivity index (χ4n) is 3.21. The predicted octanol–water partition coefficient (Wildman–Crippen LogP) is 2.75. The predicted molar refractivity (Wildman–Crippen MR) is 88.2 cm³/mol. The van der Waals surface area contributed by atoms with Gasteiger partial charge < -0.3 is 15.8 Å². The molecule has 1 amide bonds. The monoisotopic (exact) mass is 304 g/mol. The van der Waals surface area contributed by atoms with E-state index in [1.165, 1.54) is 32.1 Å². The van der Waals surface area contributed by atoms with Crippen molar-refractivity contribution in [3.8, 4) is 0 Å². The van der Waals surface area contributed by atoms with Crippen LogP contribution in [0.15, 0.2) is 24.3 Å². The van der Waals surface area contributed by atoms with Crippen molar-refractivity contribution in [2.45, 2.75) is 57.7 Å². The molecule has 3 N–H and O–H groups in total. The molecule has 1 saturated carbocycles. The summed E-state index contributed by atoms with van der Waals surface area (Å²) < 4.78 is 5.12. The maximum Gasteiger partial charge on any atom is 0.237 e. The lowest BCUT2D eigenvalue weighted by Crippen LogP contribution is -2.41. The zero-order chi connectivity index (χ0) is 15.8. The van der Waals surface area contributed by atoms with E-state index in [0.29, 0.717) is 19.1 Å². The zero-order valence-corrected chi connectivity index (χ0v) is 13.5. The summed E-state index contributed by atoms with van der Waals surface area (Å²) in [5.41, 5.74) is 8.25. The number of carbonyl (C=O) groups excluding carboxylic acids is 1. The molecule has 4 nitrogen and oxygen atoms in total. The molecule has 1 aromatic rings. The number of rotatable bonds is 7. The van der Waals surface area contributed by atoms with Gasteiger partial charge in [-0.3, -0.25) is 4.79 Å². The van der Waals surface area contributed by atoms with Crippen LogP contribution in [-0.2, 0) is 22.7 Å². The second kappa shape index (κ2) is 8.91. The Balaban J connectivity index is 1.77. The van der Waals surface area contributed by atoms with Crippen LogP contribution in [-0.4, -0.2) is 19.1 Å². The average molecular weight is 304 g/mol. The first-order valence-corrected chi connectivity index (χ1v) is 8.29. The minimum Gasteiger partial charge on any atom is -0.380 e. The maximum absolute atomic E-state index is 12.1. The fraction of sp³-hybridized carbons (Fsp3) is 0.611. The molecule has 0 bridgehead atoms. The van der Waals surface area contributed by atoms with Gasteiger partial charge in [-0.25, -0.2) is 0 Å². The number of nitrogens with two attached hydrogens (primary N) is 1. The number of ether oxygens (including phenoxy) is 1. The van der Waals surface area contributed by atoms with Crippen LogP contribution < -0.4 is 11.1 Å². The first-order valence-electron chi connectivity index (χ1n) is 8.29. The summed E-state index contributed by atoms with van der Waals surface area (Å²) in [5.74, 6) is 0.585. The number of methoxy groups -OCH3 is 1. The summed E-state index contributed by atoms with van der Waals surface area (Å²) in [5, 5.41) is 2.95. The van der Waals surface area contributed by atoms with Crippen LogP contribution in [0, 0.1) is 5.92 Å². The molecule has 0 radical (unpaired) electrons. The highest BCUT2D eigenvalue weighted by Crippen LogP contribution is 2.26. The van der Waals surface area contributed by atoms with Crippen LogP contribution in [0.2, 0.25) is 0 Å². The van der Waals surface area contributed by atoms with Crippen LogP contribution in [0.25, 0.3) is 0 Å². The Bertz CT molecular complexity index is 470. The average Bonchev–Trinajstić information content (AvgIpc) is 2.54. The molecule has 2 rings (SSSR count). The largest absolute Gasteiger partial charge is 0.380 e. The van der Waals surface area contributed by atoms with Crippen molar-refractivity contribution in [3.05, 3.63) is 35.4 Å². The minimum atomic E-state index is -0.384. The van der Waals surface area contributed by atoms with Crippen LogP contribution in [0.4, 0.5) is 0 Å². The van der Waals surface area contributed by atoms with Crippen molar-refractivity contribution in [3.63, 3.8) is 0 Å². The van der Waals surface area contributed by atoms with E-state index in [1.54, 1.807) is 7.11 Å². The van der Waals surface area contributed by atoms with Crippen molar-refractivity contribution in [2.75, 3.05) is 7.11 Å². The summed E-state index contributed by atoms with van der Waals surface area (Å²) in [6, 6.07) is 7.68. The molecule has 1 aliphatic rings. The molecule has 1 unspecified atom stereocenters. The van der Waals surface area contributed by atoms with E-state index in [1.807, 2.05) is 18.2 Å². The Labute approximate surface area is 133 Å². The Hall–Kier alpha value is -1.39. The third kappa shape index (κ3) is 5.43. The molecular formula is C18H28N2O2. The summed E-state index contributed by atoms with van der Waals surface area (Å²) in [6.07, 6.45) is 7.15. The minimum absolute atomic E-state index is 0.0391. The van der Waals surface area contributed by atoms with Crippen molar-refractivity contribution >= 4 is 5.91 Å². The first kappa shape index (κ1) is 17.0.